The summed E-state index contributed by atoms with van der Waals surface area (Å²) in [6.07, 6.45) is 6.64. The molecule has 1 unspecified atom stereocenters. The van der Waals surface area contributed by atoms with Crippen LogP contribution in [0.15, 0.2) is 24.5 Å². The van der Waals surface area contributed by atoms with E-state index >= 15 is 0 Å². The molecule has 0 saturated carbocycles. The van der Waals surface area contributed by atoms with E-state index in [0.29, 0.717) is 32.9 Å². The quantitative estimate of drug-likeness (QED) is 0.854. The highest BCUT2D eigenvalue weighted by Gasteiger charge is 2.31. The molecule has 1 atom stereocenters. The van der Waals surface area contributed by atoms with Crippen LogP contribution in [0.1, 0.15) is 19.3 Å². The van der Waals surface area contributed by atoms with Crippen molar-refractivity contribution in [2.75, 3.05) is 39.5 Å². The third-order valence-electron chi connectivity index (χ3n) is 4.23. The van der Waals surface area contributed by atoms with Crippen molar-refractivity contribution in [1.82, 2.24) is 14.8 Å². The van der Waals surface area contributed by atoms with Crippen LogP contribution < -0.4 is 4.74 Å². The molecule has 2 amide bonds. The SMILES string of the molecule is O=C(N1CCOCC1)N1CCCCC1COc1cccnc1. The van der Waals surface area contributed by atoms with Crippen molar-refractivity contribution in [2.24, 2.45) is 0 Å². The number of morpholine rings is 1. The molecule has 22 heavy (non-hydrogen) atoms. The summed E-state index contributed by atoms with van der Waals surface area (Å²) in [5.74, 6) is 0.756. The van der Waals surface area contributed by atoms with E-state index in [2.05, 4.69) is 4.98 Å². The van der Waals surface area contributed by atoms with Gasteiger partial charge in [-0.15, -0.1) is 0 Å². The molecule has 2 fully saturated rings. The molecule has 1 aromatic heterocycles. The standard InChI is InChI=1S/C16H23N3O3/c20-16(18-8-10-21-11-9-18)19-7-2-1-4-14(19)13-22-15-5-3-6-17-12-15/h3,5-6,12,14H,1-2,4,7-11,13H2. The molecule has 120 valence electrons. The van der Waals surface area contributed by atoms with Crippen molar-refractivity contribution in [1.29, 1.82) is 0 Å². The molecule has 0 N–H and O–H groups in total. The van der Waals surface area contributed by atoms with Crippen LogP contribution in [0, 0.1) is 0 Å². The van der Waals surface area contributed by atoms with Gasteiger partial charge in [-0.2, -0.15) is 0 Å². The van der Waals surface area contributed by atoms with Crippen molar-refractivity contribution in [3.63, 3.8) is 0 Å². The Labute approximate surface area is 131 Å². The Bertz CT molecular complexity index is 477. The maximum atomic E-state index is 12.7. The van der Waals surface area contributed by atoms with Gasteiger partial charge in [0.25, 0.3) is 0 Å². The first-order valence-electron chi connectivity index (χ1n) is 8.01. The third-order valence-corrected chi connectivity index (χ3v) is 4.23. The number of ether oxygens (including phenoxy) is 2. The normalized spacial score (nSPS) is 22.5. The summed E-state index contributed by atoms with van der Waals surface area (Å²) >= 11 is 0. The molecule has 6 heteroatoms. The fourth-order valence-electron chi connectivity index (χ4n) is 2.99. The van der Waals surface area contributed by atoms with Crippen LogP contribution >= 0.6 is 0 Å². The van der Waals surface area contributed by atoms with Gasteiger partial charge in [0, 0.05) is 25.8 Å². The van der Waals surface area contributed by atoms with E-state index in [-0.39, 0.29) is 12.1 Å². The summed E-state index contributed by atoms with van der Waals surface area (Å²) in [4.78, 5) is 20.6. The van der Waals surface area contributed by atoms with Crippen molar-refractivity contribution in [3.05, 3.63) is 24.5 Å². The van der Waals surface area contributed by atoms with E-state index in [4.69, 9.17) is 9.47 Å². The Balaban J connectivity index is 1.59. The Morgan fingerprint density at radius 3 is 2.95 bits per heavy atom. The minimum atomic E-state index is 0.128. The average Bonchev–Trinajstić information content (AvgIpc) is 2.61. The van der Waals surface area contributed by atoms with E-state index in [1.54, 1.807) is 12.4 Å². The van der Waals surface area contributed by atoms with Gasteiger partial charge in [0.2, 0.25) is 0 Å². The zero-order valence-corrected chi connectivity index (χ0v) is 12.8. The molecule has 0 radical (unpaired) electrons. The third kappa shape index (κ3) is 3.68. The first-order valence-corrected chi connectivity index (χ1v) is 8.01. The highest BCUT2D eigenvalue weighted by molar-refractivity contribution is 5.75. The van der Waals surface area contributed by atoms with Gasteiger partial charge in [0.05, 0.1) is 25.5 Å². The Morgan fingerprint density at radius 1 is 1.32 bits per heavy atom. The van der Waals surface area contributed by atoms with Gasteiger partial charge in [0.1, 0.15) is 12.4 Å². The second-order valence-corrected chi connectivity index (χ2v) is 5.72. The Hall–Kier alpha value is -1.82. The summed E-state index contributed by atoms with van der Waals surface area (Å²) in [6, 6.07) is 4.02. The van der Waals surface area contributed by atoms with Crippen molar-refractivity contribution in [3.8, 4) is 5.75 Å². The Morgan fingerprint density at radius 2 is 2.18 bits per heavy atom. The number of nitrogens with zero attached hydrogens (tertiary/aromatic N) is 3. The largest absolute Gasteiger partial charge is 0.490 e. The van der Waals surface area contributed by atoms with Gasteiger partial charge in [-0.3, -0.25) is 4.98 Å². The lowest BCUT2D eigenvalue weighted by molar-refractivity contribution is 0.0312. The number of hydrogen-bond donors (Lipinski definition) is 0. The number of amides is 2. The van der Waals surface area contributed by atoms with E-state index in [1.165, 1.54) is 0 Å². The lowest BCUT2D eigenvalue weighted by atomic mass is 10.0. The lowest BCUT2D eigenvalue weighted by Gasteiger charge is -2.39. The summed E-state index contributed by atoms with van der Waals surface area (Å²) in [6.45, 7) is 3.99. The van der Waals surface area contributed by atoms with Gasteiger partial charge in [-0.25, -0.2) is 4.79 Å². The van der Waals surface area contributed by atoms with Gasteiger partial charge < -0.3 is 19.3 Å². The van der Waals surface area contributed by atoms with Crippen molar-refractivity contribution >= 4 is 6.03 Å². The zero-order chi connectivity index (χ0) is 15.2. The van der Waals surface area contributed by atoms with Crippen LogP contribution in [0.3, 0.4) is 0 Å². The van der Waals surface area contributed by atoms with E-state index in [0.717, 1.165) is 31.6 Å². The number of carbonyl (C=O) groups excluding carboxylic acids is 1. The van der Waals surface area contributed by atoms with Crippen LogP contribution in [0.5, 0.6) is 5.75 Å². The second kappa shape index (κ2) is 7.45. The number of urea groups is 1. The van der Waals surface area contributed by atoms with Crippen LogP contribution in [-0.2, 0) is 4.74 Å². The number of hydrogen-bond acceptors (Lipinski definition) is 4. The minimum absolute atomic E-state index is 0.128. The summed E-state index contributed by atoms with van der Waals surface area (Å²) in [5.41, 5.74) is 0. The van der Waals surface area contributed by atoms with Gasteiger partial charge in [-0.1, -0.05) is 0 Å². The molecule has 2 aliphatic heterocycles. The number of piperidine rings is 1. The zero-order valence-electron chi connectivity index (χ0n) is 12.8. The van der Waals surface area contributed by atoms with Gasteiger partial charge >= 0.3 is 6.03 Å². The molecule has 3 rings (SSSR count). The van der Waals surface area contributed by atoms with Crippen molar-refractivity contribution in [2.45, 2.75) is 25.3 Å². The summed E-state index contributed by atoms with van der Waals surface area (Å²) in [5, 5.41) is 0. The maximum Gasteiger partial charge on any atom is 0.320 e. The van der Waals surface area contributed by atoms with Gasteiger partial charge in [0.15, 0.2) is 0 Å². The molecule has 1 aromatic rings. The van der Waals surface area contributed by atoms with Gasteiger partial charge in [-0.05, 0) is 31.4 Å². The first-order chi connectivity index (χ1) is 10.8. The monoisotopic (exact) mass is 305 g/mol. The van der Waals surface area contributed by atoms with Crippen LogP contribution in [-0.4, -0.2) is 66.3 Å². The minimum Gasteiger partial charge on any atom is -0.490 e. The fraction of sp³-hybridized carbons (Fsp3) is 0.625. The first kappa shape index (κ1) is 15.1. The highest BCUT2D eigenvalue weighted by Crippen LogP contribution is 2.20. The Kier molecular flexibility index (Phi) is 5.11. The van der Waals surface area contributed by atoms with E-state index in [1.807, 2.05) is 21.9 Å². The smallest absolute Gasteiger partial charge is 0.320 e. The molecule has 0 spiro atoms. The molecule has 0 aliphatic carbocycles. The molecule has 2 saturated heterocycles. The molecule has 0 aromatic carbocycles. The molecule has 3 heterocycles. The summed E-state index contributed by atoms with van der Waals surface area (Å²) < 4.78 is 11.1. The molecule has 2 aliphatic rings. The predicted octanol–water partition coefficient (Wildman–Crippen LogP) is 1.77. The van der Waals surface area contributed by atoms with Crippen LogP contribution in [0.4, 0.5) is 4.79 Å². The maximum absolute atomic E-state index is 12.7. The van der Waals surface area contributed by atoms with Crippen LogP contribution in [0.2, 0.25) is 0 Å². The molecule has 0 bridgehead atoms. The fourth-order valence-corrected chi connectivity index (χ4v) is 2.99. The predicted molar refractivity (Wildman–Crippen MR) is 81.9 cm³/mol. The molecular formula is C16H23N3O3. The van der Waals surface area contributed by atoms with Crippen LogP contribution in [0.25, 0.3) is 0 Å². The topological polar surface area (TPSA) is 54.9 Å². The lowest BCUT2D eigenvalue weighted by Crippen LogP contribution is -2.54. The average molecular weight is 305 g/mol. The molecular weight excluding hydrogens is 282 g/mol. The number of carbonyl (C=O) groups is 1. The summed E-state index contributed by atoms with van der Waals surface area (Å²) in [7, 11) is 0. The van der Waals surface area contributed by atoms with E-state index in [9.17, 15) is 4.79 Å². The second-order valence-electron chi connectivity index (χ2n) is 5.72. The highest BCUT2D eigenvalue weighted by atomic mass is 16.5. The number of rotatable bonds is 3. The number of pyridine rings is 1. The molecule has 6 nitrogen and oxygen atoms in total. The number of aromatic nitrogens is 1. The number of likely N-dealkylation sites (tertiary alicyclic amines) is 1. The van der Waals surface area contributed by atoms with Crippen molar-refractivity contribution < 1.29 is 14.3 Å². The van der Waals surface area contributed by atoms with E-state index < -0.39 is 0 Å².